The van der Waals surface area contributed by atoms with Crippen molar-refractivity contribution in [1.82, 2.24) is 0 Å². The van der Waals surface area contributed by atoms with Gasteiger partial charge in [-0.1, -0.05) is 11.6 Å². The highest BCUT2D eigenvalue weighted by Crippen LogP contribution is 2.66. The minimum absolute atomic E-state index is 3.48. The normalized spacial score (nSPS) is 18.0. The molecular formula is C11HClF20O2. The van der Waals surface area contributed by atoms with E-state index in [-0.39, 0.29) is 0 Å². The van der Waals surface area contributed by atoms with Crippen LogP contribution in [0.25, 0.3) is 0 Å². The molecule has 34 heavy (non-hydrogen) atoms. The third-order valence-corrected chi connectivity index (χ3v) is 4.25. The molecule has 1 atom stereocenters. The molecule has 0 amide bonds. The van der Waals surface area contributed by atoms with E-state index in [1.807, 2.05) is 0 Å². The van der Waals surface area contributed by atoms with Crippen LogP contribution in [0, 0.1) is 0 Å². The van der Waals surface area contributed by atoms with Gasteiger partial charge in [0.2, 0.25) is 0 Å². The van der Waals surface area contributed by atoms with Gasteiger partial charge < -0.3 is 5.11 Å². The van der Waals surface area contributed by atoms with Gasteiger partial charge >= 0.3 is 64.7 Å². The Morgan fingerprint density at radius 2 is 0.647 bits per heavy atom. The van der Waals surface area contributed by atoms with Crippen LogP contribution in [0.5, 0.6) is 0 Å². The quantitative estimate of drug-likeness (QED) is 0.246. The smallest absolute Gasteiger partial charge is 0.460 e. The molecule has 0 aliphatic carbocycles. The minimum Gasteiger partial charge on any atom is -0.477 e. The lowest BCUT2D eigenvalue weighted by Crippen LogP contribution is -2.77. The van der Waals surface area contributed by atoms with Gasteiger partial charge in [0.15, 0.2) is 0 Å². The van der Waals surface area contributed by atoms with Gasteiger partial charge in [0.1, 0.15) is 0 Å². The molecule has 0 rings (SSSR count). The van der Waals surface area contributed by atoms with E-state index >= 15 is 0 Å². The van der Waals surface area contributed by atoms with E-state index in [9.17, 15) is 92.6 Å². The van der Waals surface area contributed by atoms with E-state index in [1.165, 1.54) is 0 Å². The number of carboxylic acids is 1. The molecule has 0 radical (unpaired) electrons. The van der Waals surface area contributed by atoms with Crippen molar-refractivity contribution in [3.63, 3.8) is 0 Å². The molecule has 1 N–H and O–H groups in total. The van der Waals surface area contributed by atoms with Crippen LogP contribution in [0.3, 0.4) is 0 Å². The van der Waals surface area contributed by atoms with Gasteiger partial charge in [-0.15, -0.1) is 0 Å². The van der Waals surface area contributed by atoms with E-state index in [0.29, 0.717) is 0 Å². The van der Waals surface area contributed by atoms with Crippen LogP contribution in [0.15, 0.2) is 0 Å². The number of halogens is 21. The molecule has 0 saturated heterocycles. The van der Waals surface area contributed by atoms with Gasteiger partial charge in [-0.05, 0) is 0 Å². The van der Waals surface area contributed by atoms with E-state index in [2.05, 4.69) is 11.6 Å². The summed E-state index contributed by atoms with van der Waals surface area (Å²) >= 11 is 3.48. The molecule has 0 aromatic rings. The van der Waals surface area contributed by atoms with Crippen LogP contribution in [0.4, 0.5) is 87.8 Å². The van der Waals surface area contributed by atoms with Crippen molar-refractivity contribution in [3.05, 3.63) is 0 Å². The number of aliphatic carboxylic acids is 1. The van der Waals surface area contributed by atoms with Crippen molar-refractivity contribution < 1.29 is 97.7 Å². The predicted octanol–water partition coefficient (Wildman–Crippen LogP) is 6.62. The van der Waals surface area contributed by atoms with Crippen LogP contribution in [-0.2, 0) is 4.79 Å². The zero-order valence-electron chi connectivity index (χ0n) is 14.3. The molecule has 2 nitrogen and oxygen atoms in total. The Morgan fingerprint density at radius 3 is 0.853 bits per heavy atom. The van der Waals surface area contributed by atoms with Crippen molar-refractivity contribution in [2.45, 2.75) is 58.7 Å². The number of carboxylic acid groups (broad SMARTS) is 1. The molecule has 0 aliphatic heterocycles. The standard InChI is InChI=1S/C11HClF20O2/c12-3(15,2(13,14)1(33)34)4(16,17)5(18,19)6(20,21)7(22,23)8(24,25)9(26,27)10(28,29)11(30,31)32/h(H,33,34). The predicted molar refractivity (Wildman–Crippen MR) is 63.0 cm³/mol. The lowest BCUT2D eigenvalue weighted by Gasteiger charge is -2.44. The Bertz CT molecular complexity index is 795. The highest BCUT2D eigenvalue weighted by molar-refractivity contribution is 6.26. The fourth-order valence-electron chi connectivity index (χ4n) is 1.69. The Labute approximate surface area is 175 Å². The summed E-state index contributed by atoms with van der Waals surface area (Å²) in [6, 6.07) is 0. The topological polar surface area (TPSA) is 37.3 Å². The van der Waals surface area contributed by atoms with Crippen LogP contribution >= 0.6 is 11.6 Å². The average molecular weight is 581 g/mol. The maximum Gasteiger partial charge on any atom is 0.460 e. The largest absolute Gasteiger partial charge is 0.477 e. The number of carbonyl (C=O) groups is 1. The Kier molecular flexibility index (Phi) is 7.31. The van der Waals surface area contributed by atoms with Crippen LogP contribution in [0.1, 0.15) is 0 Å². The van der Waals surface area contributed by atoms with Gasteiger partial charge in [0.05, 0.1) is 0 Å². The zero-order chi connectivity index (χ0) is 28.6. The van der Waals surface area contributed by atoms with Gasteiger partial charge in [-0.3, -0.25) is 0 Å². The third kappa shape index (κ3) is 3.59. The number of rotatable bonds is 9. The maximum absolute atomic E-state index is 13.4. The molecule has 0 bridgehead atoms. The Hall–Kier alpha value is -1.64. The van der Waals surface area contributed by atoms with Crippen molar-refractivity contribution in [2.75, 3.05) is 0 Å². The molecule has 0 heterocycles. The number of hydrogen-bond donors (Lipinski definition) is 1. The fourth-order valence-corrected chi connectivity index (χ4v) is 1.89. The first-order valence-electron chi connectivity index (χ1n) is 6.90. The summed E-state index contributed by atoms with van der Waals surface area (Å²) < 4.78 is 259. The molecular weight excluding hydrogens is 580 g/mol. The van der Waals surface area contributed by atoms with E-state index in [1.54, 1.807) is 0 Å². The van der Waals surface area contributed by atoms with Crippen molar-refractivity contribution >= 4 is 17.6 Å². The van der Waals surface area contributed by atoms with Crippen LogP contribution < -0.4 is 0 Å². The summed E-state index contributed by atoms with van der Waals surface area (Å²) in [5.41, 5.74) is 0. The minimum atomic E-state index is -9.17. The summed E-state index contributed by atoms with van der Waals surface area (Å²) in [6.45, 7) is 0. The average Bonchev–Trinajstić information content (AvgIpc) is 2.58. The lowest BCUT2D eigenvalue weighted by atomic mass is 9.87. The molecule has 0 aliphatic rings. The molecule has 0 saturated carbocycles. The van der Waals surface area contributed by atoms with Crippen molar-refractivity contribution in [1.29, 1.82) is 0 Å². The van der Waals surface area contributed by atoms with E-state index in [4.69, 9.17) is 5.11 Å². The van der Waals surface area contributed by atoms with Crippen molar-refractivity contribution in [3.8, 4) is 0 Å². The van der Waals surface area contributed by atoms with Crippen LogP contribution in [0.2, 0.25) is 0 Å². The van der Waals surface area contributed by atoms with Gasteiger partial charge in [-0.2, -0.15) is 83.4 Å². The second-order valence-corrected chi connectivity index (χ2v) is 6.49. The van der Waals surface area contributed by atoms with E-state index < -0.39 is 64.7 Å². The summed E-state index contributed by atoms with van der Waals surface area (Å²) in [6.07, 6.45) is -8.01. The lowest BCUT2D eigenvalue weighted by molar-refractivity contribution is -0.465. The summed E-state index contributed by atoms with van der Waals surface area (Å²) in [5.74, 6) is -73.6. The third-order valence-electron chi connectivity index (χ3n) is 3.78. The molecule has 1 unspecified atom stereocenters. The second-order valence-electron chi connectivity index (χ2n) is 5.97. The first-order valence-corrected chi connectivity index (χ1v) is 7.27. The zero-order valence-corrected chi connectivity index (χ0v) is 15.0. The summed E-state index contributed by atoms with van der Waals surface area (Å²) in [7, 11) is 0. The van der Waals surface area contributed by atoms with Crippen LogP contribution in [-0.4, -0.2) is 69.8 Å². The first-order chi connectivity index (χ1) is 14.2. The summed E-state index contributed by atoms with van der Waals surface area (Å²) in [5, 5.41) is 0.303. The molecule has 0 aromatic carbocycles. The molecule has 0 fully saturated rings. The Morgan fingerprint density at radius 1 is 0.441 bits per heavy atom. The molecule has 0 spiro atoms. The maximum atomic E-state index is 13.4. The van der Waals surface area contributed by atoms with Crippen molar-refractivity contribution in [2.24, 2.45) is 0 Å². The molecule has 204 valence electrons. The first kappa shape index (κ1) is 32.4. The van der Waals surface area contributed by atoms with Gasteiger partial charge in [0.25, 0.3) is 0 Å². The molecule has 0 aromatic heterocycles. The SMILES string of the molecule is O=C(O)C(F)(F)C(F)(Cl)C(F)(F)C(F)(F)C(F)(F)C(F)(F)C(F)(F)C(F)(F)C(F)(F)C(F)(F)F. The Balaban J connectivity index is 7.11. The van der Waals surface area contributed by atoms with Gasteiger partial charge in [0, 0.05) is 0 Å². The van der Waals surface area contributed by atoms with Gasteiger partial charge in [-0.25, -0.2) is 9.18 Å². The monoisotopic (exact) mass is 580 g/mol. The highest BCUT2D eigenvalue weighted by atomic mass is 35.5. The highest BCUT2D eigenvalue weighted by Gasteiger charge is 2.97. The summed E-state index contributed by atoms with van der Waals surface area (Å²) in [4.78, 5) is 9.99. The number of hydrogen-bond acceptors (Lipinski definition) is 1. The van der Waals surface area contributed by atoms with E-state index in [0.717, 1.165) is 0 Å². The molecule has 23 heteroatoms. The second kappa shape index (κ2) is 7.68. The number of alkyl halides is 21. The fraction of sp³-hybridized carbons (Fsp3) is 0.909.